The first-order valence-corrected chi connectivity index (χ1v) is 16.7. The average molecular weight is 622 g/mol. The lowest BCUT2D eigenvalue weighted by molar-refractivity contribution is -0.123. The highest BCUT2D eigenvalue weighted by molar-refractivity contribution is 7.89. The molecule has 10 nitrogen and oxygen atoms in total. The lowest BCUT2D eigenvalue weighted by Crippen LogP contribution is -2.57. The van der Waals surface area contributed by atoms with Crippen LogP contribution >= 0.6 is 0 Å². The van der Waals surface area contributed by atoms with Crippen LogP contribution in [-0.4, -0.2) is 81.2 Å². The maximum atomic E-state index is 13.8. The Hall–Kier alpha value is -3.77. The molecule has 236 valence electrons. The molecular weight excluding hydrogens is 578 g/mol. The third-order valence-electron chi connectivity index (χ3n) is 7.66. The van der Waals surface area contributed by atoms with Crippen LogP contribution in [0.15, 0.2) is 91.0 Å². The monoisotopic (exact) mass is 621 g/mol. The van der Waals surface area contributed by atoms with Gasteiger partial charge in [-0.15, -0.1) is 0 Å². The van der Waals surface area contributed by atoms with Gasteiger partial charge in [0.25, 0.3) is 0 Å². The number of hydrogen-bond donors (Lipinski definition) is 3. The van der Waals surface area contributed by atoms with Crippen molar-refractivity contribution in [1.82, 2.24) is 25.3 Å². The summed E-state index contributed by atoms with van der Waals surface area (Å²) < 4.78 is 25.6. The first kappa shape index (κ1) is 33.1. The zero-order chi connectivity index (χ0) is 31.2. The summed E-state index contributed by atoms with van der Waals surface area (Å²) in [7, 11) is -1.76. The third kappa shape index (κ3) is 11.4. The van der Waals surface area contributed by atoms with E-state index < -0.39 is 22.1 Å². The van der Waals surface area contributed by atoms with E-state index in [1.165, 1.54) is 0 Å². The van der Waals surface area contributed by atoms with Crippen LogP contribution in [0.1, 0.15) is 29.5 Å². The number of likely N-dealkylation sites (N-methyl/N-ethyl adjacent to an activating group) is 1. The maximum absolute atomic E-state index is 13.8. The molecule has 0 aromatic heterocycles. The fourth-order valence-electron chi connectivity index (χ4n) is 5.00. The minimum absolute atomic E-state index is 0.0996. The highest BCUT2D eigenvalue weighted by Gasteiger charge is 2.28. The highest BCUT2D eigenvalue weighted by atomic mass is 32.2. The Bertz CT molecular complexity index is 1400. The van der Waals surface area contributed by atoms with E-state index in [9.17, 15) is 18.0 Å². The topological polar surface area (TPSA) is 120 Å². The second-order valence-electron chi connectivity index (χ2n) is 11.2. The van der Waals surface area contributed by atoms with Crippen molar-refractivity contribution in [2.75, 3.05) is 39.0 Å². The number of carbonyl (C=O) groups excluding carboxylic acids is 2. The van der Waals surface area contributed by atoms with Crippen molar-refractivity contribution in [2.45, 2.75) is 44.4 Å². The van der Waals surface area contributed by atoms with Crippen LogP contribution in [-0.2, 0) is 39.1 Å². The number of carbonyl (C=O) groups is 2. The lowest BCUT2D eigenvalue weighted by Gasteiger charge is -2.33. The molecule has 0 bridgehead atoms. The summed E-state index contributed by atoms with van der Waals surface area (Å²) in [6.45, 7) is 2.80. The second kappa shape index (κ2) is 16.9. The van der Waals surface area contributed by atoms with Crippen molar-refractivity contribution < 1.29 is 22.8 Å². The Balaban J connectivity index is 1.41. The molecule has 0 spiro atoms. The molecule has 0 radical (unpaired) electrons. The molecule has 1 fully saturated rings. The van der Waals surface area contributed by atoms with Gasteiger partial charge in [-0.3, -0.25) is 9.63 Å². The van der Waals surface area contributed by atoms with E-state index in [4.69, 9.17) is 4.84 Å². The smallest absolute Gasteiger partial charge is 0.318 e. The van der Waals surface area contributed by atoms with Crippen LogP contribution in [0, 0.1) is 0 Å². The maximum Gasteiger partial charge on any atom is 0.318 e. The van der Waals surface area contributed by atoms with Gasteiger partial charge in [-0.2, -0.15) is 0 Å². The largest absolute Gasteiger partial charge is 0.352 e. The molecule has 0 aliphatic carbocycles. The minimum Gasteiger partial charge on any atom is -0.352 e. The Kier molecular flexibility index (Phi) is 12.7. The molecule has 3 aromatic carbocycles. The predicted molar refractivity (Wildman–Crippen MR) is 171 cm³/mol. The van der Waals surface area contributed by atoms with Crippen LogP contribution in [0.2, 0.25) is 0 Å². The SMILES string of the molecule is CN1CCN(C(=O)N[C@@H](Cc2ccccc2)C(=O)N[C@@H](CCc2ccccc2)CCS(=O)(=O)NOCc2ccccc2)CC1. The fourth-order valence-corrected chi connectivity index (χ4v) is 5.92. The number of nitrogens with zero attached hydrogens (tertiary/aromatic N) is 2. The van der Waals surface area contributed by atoms with Crippen molar-refractivity contribution in [1.29, 1.82) is 0 Å². The zero-order valence-electron chi connectivity index (χ0n) is 25.2. The summed E-state index contributed by atoms with van der Waals surface area (Å²) in [6.07, 6.45) is 1.67. The van der Waals surface area contributed by atoms with E-state index in [1.54, 1.807) is 4.90 Å². The van der Waals surface area contributed by atoms with Gasteiger partial charge < -0.3 is 20.4 Å². The predicted octanol–water partition coefficient (Wildman–Crippen LogP) is 3.11. The fraction of sp³-hybridized carbons (Fsp3) is 0.394. The number of sulfonamides is 1. The van der Waals surface area contributed by atoms with E-state index in [1.807, 2.05) is 98.0 Å². The molecule has 44 heavy (non-hydrogen) atoms. The molecule has 1 aliphatic rings. The van der Waals surface area contributed by atoms with Crippen molar-refractivity contribution in [3.63, 3.8) is 0 Å². The number of urea groups is 1. The van der Waals surface area contributed by atoms with Gasteiger partial charge in [0.15, 0.2) is 0 Å². The van der Waals surface area contributed by atoms with Crippen LogP contribution in [0.4, 0.5) is 4.79 Å². The lowest BCUT2D eigenvalue weighted by atomic mass is 10.0. The van der Waals surface area contributed by atoms with Crippen molar-refractivity contribution in [2.24, 2.45) is 0 Å². The van der Waals surface area contributed by atoms with Gasteiger partial charge in [-0.05, 0) is 43.0 Å². The van der Waals surface area contributed by atoms with Crippen LogP contribution in [0.25, 0.3) is 0 Å². The zero-order valence-corrected chi connectivity index (χ0v) is 26.0. The number of nitrogens with one attached hydrogen (secondary N) is 3. The summed E-state index contributed by atoms with van der Waals surface area (Å²) in [4.78, 5) is 38.3. The van der Waals surface area contributed by atoms with Gasteiger partial charge in [-0.25, -0.2) is 13.2 Å². The average Bonchev–Trinajstić information content (AvgIpc) is 3.03. The first-order valence-electron chi connectivity index (χ1n) is 15.0. The van der Waals surface area contributed by atoms with Crippen molar-refractivity contribution in [3.8, 4) is 0 Å². The number of amides is 3. The molecule has 1 saturated heterocycles. The van der Waals surface area contributed by atoms with Crippen LogP contribution < -0.4 is 15.5 Å². The molecule has 3 N–H and O–H groups in total. The highest BCUT2D eigenvalue weighted by Crippen LogP contribution is 2.12. The van der Waals surface area contributed by atoms with Gasteiger partial charge in [0.2, 0.25) is 15.9 Å². The van der Waals surface area contributed by atoms with Crippen molar-refractivity contribution in [3.05, 3.63) is 108 Å². The van der Waals surface area contributed by atoms with E-state index >= 15 is 0 Å². The Morgan fingerprint density at radius 1 is 0.773 bits per heavy atom. The molecule has 2 atom stereocenters. The quantitative estimate of drug-likeness (QED) is 0.225. The number of aryl methyl sites for hydroxylation is 1. The first-order chi connectivity index (χ1) is 21.3. The Labute approximate surface area is 260 Å². The van der Waals surface area contributed by atoms with Gasteiger partial charge >= 0.3 is 6.03 Å². The summed E-state index contributed by atoms with van der Waals surface area (Å²) in [5.74, 6) is -0.585. The molecular formula is C33H43N5O5S. The van der Waals surface area contributed by atoms with E-state index in [-0.39, 0.29) is 30.7 Å². The number of benzene rings is 3. The molecule has 1 heterocycles. The standard InChI is InChI=1S/C33H43N5O5S/c1-37-20-22-38(23-21-37)33(40)35-31(25-28-13-7-3-8-14-28)32(39)34-30(18-17-27-11-5-2-6-12-27)19-24-44(41,42)36-43-26-29-15-9-4-10-16-29/h2-16,30-31,36H,17-26H2,1H3,(H,34,39)(H,35,40)/t30-,31-/m0/s1. The summed E-state index contributed by atoms with van der Waals surface area (Å²) in [6, 6.07) is 27.1. The van der Waals surface area contributed by atoms with Gasteiger partial charge in [0.05, 0.1) is 12.4 Å². The molecule has 3 amide bonds. The molecule has 0 saturated carbocycles. The number of rotatable bonds is 15. The summed E-state index contributed by atoms with van der Waals surface area (Å²) in [5.41, 5.74) is 2.84. The molecule has 4 rings (SSSR count). The van der Waals surface area contributed by atoms with E-state index in [0.717, 1.165) is 29.8 Å². The molecule has 0 unspecified atom stereocenters. The van der Waals surface area contributed by atoms with Gasteiger partial charge in [-0.1, -0.05) is 95.9 Å². The van der Waals surface area contributed by atoms with Crippen LogP contribution in [0.5, 0.6) is 0 Å². The van der Waals surface area contributed by atoms with E-state index in [0.29, 0.717) is 32.4 Å². The molecule has 1 aliphatic heterocycles. The third-order valence-corrected chi connectivity index (χ3v) is 8.81. The van der Waals surface area contributed by atoms with E-state index in [2.05, 4.69) is 20.4 Å². The summed E-state index contributed by atoms with van der Waals surface area (Å²) in [5, 5.41) is 6.01. The Morgan fingerprint density at radius 2 is 1.34 bits per heavy atom. The van der Waals surface area contributed by atoms with Gasteiger partial charge in [0.1, 0.15) is 6.04 Å². The minimum atomic E-state index is -3.78. The normalized spacial score (nSPS) is 15.3. The summed E-state index contributed by atoms with van der Waals surface area (Å²) >= 11 is 0. The number of hydrogen-bond acceptors (Lipinski definition) is 6. The van der Waals surface area contributed by atoms with Crippen LogP contribution in [0.3, 0.4) is 0 Å². The van der Waals surface area contributed by atoms with Crippen molar-refractivity contribution >= 4 is 22.0 Å². The second-order valence-corrected chi connectivity index (χ2v) is 13.0. The Morgan fingerprint density at radius 3 is 1.95 bits per heavy atom. The molecule has 3 aromatic rings. The molecule has 11 heteroatoms. The number of piperazine rings is 1. The van der Waals surface area contributed by atoms with Gasteiger partial charge in [0, 0.05) is 38.6 Å².